The molecule has 0 saturated carbocycles. The first-order valence-electron chi connectivity index (χ1n) is 7.16. The van der Waals surface area contributed by atoms with Crippen LogP contribution >= 0.6 is 0 Å². The Morgan fingerprint density at radius 2 is 2.30 bits per heavy atom. The highest BCUT2D eigenvalue weighted by Crippen LogP contribution is 2.17. The van der Waals surface area contributed by atoms with Crippen molar-refractivity contribution in [2.24, 2.45) is 5.92 Å². The van der Waals surface area contributed by atoms with Crippen LogP contribution in [0.3, 0.4) is 0 Å². The number of hydrogen-bond acceptors (Lipinski definition) is 5. The lowest BCUT2D eigenvalue weighted by Gasteiger charge is -2.35. The third-order valence-corrected chi connectivity index (χ3v) is 3.81. The van der Waals surface area contributed by atoms with Gasteiger partial charge in [-0.3, -0.25) is 9.69 Å². The van der Waals surface area contributed by atoms with Crippen molar-refractivity contribution in [1.82, 2.24) is 20.2 Å². The molecule has 2 atom stereocenters. The van der Waals surface area contributed by atoms with Crippen LogP contribution in [0.2, 0.25) is 0 Å². The van der Waals surface area contributed by atoms with E-state index in [0.717, 1.165) is 19.0 Å². The number of hydrogen-bond donors (Lipinski definition) is 2. The van der Waals surface area contributed by atoms with Gasteiger partial charge < -0.3 is 11.1 Å². The molecule has 6 nitrogen and oxygen atoms in total. The minimum Gasteiger partial charge on any atom is -0.382 e. The van der Waals surface area contributed by atoms with Gasteiger partial charge in [0.1, 0.15) is 0 Å². The summed E-state index contributed by atoms with van der Waals surface area (Å²) in [5, 5.41) is 2.89. The molecule has 6 heteroatoms. The number of amides is 1. The van der Waals surface area contributed by atoms with Gasteiger partial charge in [0.2, 0.25) is 0 Å². The number of carbonyl (C=O) groups excluding carboxylic acids is 1. The maximum atomic E-state index is 12.0. The van der Waals surface area contributed by atoms with Crippen LogP contribution < -0.4 is 11.1 Å². The van der Waals surface area contributed by atoms with E-state index in [1.807, 2.05) is 0 Å². The van der Waals surface area contributed by atoms with E-state index < -0.39 is 0 Å². The van der Waals surface area contributed by atoms with E-state index in [1.165, 1.54) is 25.2 Å². The predicted molar refractivity (Wildman–Crippen MR) is 78.2 cm³/mol. The quantitative estimate of drug-likeness (QED) is 0.854. The Kier molecular flexibility index (Phi) is 4.89. The Bertz CT molecular complexity index is 465. The third kappa shape index (κ3) is 3.66. The molecule has 0 radical (unpaired) electrons. The van der Waals surface area contributed by atoms with E-state index in [2.05, 4.69) is 34.0 Å². The van der Waals surface area contributed by atoms with E-state index in [-0.39, 0.29) is 17.4 Å². The molecule has 110 valence electrons. The Labute approximate surface area is 119 Å². The van der Waals surface area contributed by atoms with Crippen LogP contribution in [0.15, 0.2) is 12.4 Å². The minimum atomic E-state index is -0.257. The van der Waals surface area contributed by atoms with Crippen LogP contribution in [0.1, 0.15) is 37.2 Å². The Morgan fingerprint density at radius 3 is 3.00 bits per heavy atom. The van der Waals surface area contributed by atoms with Crippen LogP contribution in [-0.4, -0.2) is 46.5 Å². The van der Waals surface area contributed by atoms with Gasteiger partial charge in [-0.1, -0.05) is 6.92 Å². The van der Waals surface area contributed by atoms with Gasteiger partial charge in [0, 0.05) is 31.5 Å². The molecule has 1 amide bonds. The number of piperidine rings is 1. The zero-order valence-electron chi connectivity index (χ0n) is 12.2. The highest BCUT2D eigenvalue weighted by molar-refractivity contribution is 5.96. The maximum Gasteiger partial charge on any atom is 0.273 e. The van der Waals surface area contributed by atoms with Gasteiger partial charge in [0.15, 0.2) is 11.5 Å². The van der Waals surface area contributed by atoms with Crippen molar-refractivity contribution in [2.45, 2.75) is 32.7 Å². The first kappa shape index (κ1) is 14.7. The van der Waals surface area contributed by atoms with Crippen LogP contribution in [0, 0.1) is 5.92 Å². The summed E-state index contributed by atoms with van der Waals surface area (Å²) in [7, 11) is 0. The number of nitrogen functional groups attached to an aromatic ring is 1. The standard InChI is InChI=1S/C14H23N5O/c1-10-4-3-7-19(9-10)11(2)8-18-14(20)12-13(15)17-6-5-16-12/h5-6,10-11H,3-4,7-9H2,1-2H3,(H2,15,17)(H,18,20). The normalized spacial score (nSPS) is 21.4. The average Bonchev–Trinajstić information content (AvgIpc) is 2.45. The smallest absolute Gasteiger partial charge is 0.273 e. The van der Waals surface area contributed by atoms with Crippen molar-refractivity contribution in [1.29, 1.82) is 0 Å². The molecule has 1 aromatic rings. The average molecular weight is 277 g/mol. The Morgan fingerprint density at radius 1 is 1.55 bits per heavy atom. The molecule has 0 aliphatic carbocycles. The number of carbonyl (C=O) groups is 1. The fourth-order valence-electron chi connectivity index (χ4n) is 2.60. The monoisotopic (exact) mass is 277 g/mol. The van der Waals surface area contributed by atoms with Gasteiger partial charge in [-0.15, -0.1) is 0 Å². The second-order valence-electron chi connectivity index (χ2n) is 5.59. The summed E-state index contributed by atoms with van der Waals surface area (Å²) in [6, 6.07) is 0.319. The summed E-state index contributed by atoms with van der Waals surface area (Å²) in [5.74, 6) is 0.647. The van der Waals surface area contributed by atoms with E-state index in [4.69, 9.17) is 5.73 Å². The second kappa shape index (κ2) is 6.65. The summed E-state index contributed by atoms with van der Waals surface area (Å²) in [5.41, 5.74) is 5.84. The van der Waals surface area contributed by atoms with E-state index >= 15 is 0 Å². The first-order chi connectivity index (χ1) is 9.58. The lowest BCUT2D eigenvalue weighted by molar-refractivity contribution is 0.0913. The number of nitrogens with two attached hydrogens (primary N) is 1. The first-order valence-corrected chi connectivity index (χ1v) is 7.16. The molecule has 20 heavy (non-hydrogen) atoms. The van der Waals surface area contributed by atoms with Gasteiger partial charge in [-0.25, -0.2) is 9.97 Å². The molecule has 1 aromatic heterocycles. The van der Waals surface area contributed by atoms with Crippen molar-refractivity contribution < 1.29 is 4.79 Å². The number of nitrogens with zero attached hydrogens (tertiary/aromatic N) is 3. The molecule has 1 saturated heterocycles. The van der Waals surface area contributed by atoms with Crippen molar-refractivity contribution in [3.8, 4) is 0 Å². The predicted octanol–water partition coefficient (Wildman–Crippen LogP) is 0.909. The number of aromatic nitrogens is 2. The summed E-state index contributed by atoms with van der Waals surface area (Å²) >= 11 is 0. The summed E-state index contributed by atoms with van der Waals surface area (Å²) in [6.07, 6.45) is 5.48. The summed E-state index contributed by atoms with van der Waals surface area (Å²) in [4.78, 5) is 22.3. The van der Waals surface area contributed by atoms with Crippen molar-refractivity contribution in [3.63, 3.8) is 0 Å². The Hall–Kier alpha value is -1.69. The van der Waals surface area contributed by atoms with Crippen molar-refractivity contribution in [2.75, 3.05) is 25.4 Å². The SMILES string of the molecule is CC1CCCN(C(C)CNC(=O)c2nccnc2N)C1. The summed E-state index contributed by atoms with van der Waals surface area (Å²) in [6.45, 7) is 7.22. The molecule has 0 aromatic carbocycles. The molecular weight excluding hydrogens is 254 g/mol. The zero-order valence-corrected chi connectivity index (χ0v) is 12.2. The molecule has 1 aliphatic rings. The van der Waals surface area contributed by atoms with Crippen LogP contribution in [0.5, 0.6) is 0 Å². The third-order valence-electron chi connectivity index (χ3n) is 3.81. The molecule has 1 aliphatic heterocycles. The highest BCUT2D eigenvalue weighted by Gasteiger charge is 2.21. The molecule has 2 rings (SSSR count). The molecule has 3 N–H and O–H groups in total. The molecule has 2 unspecified atom stereocenters. The van der Waals surface area contributed by atoms with Gasteiger partial charge in [0.25, 0.3) is 5.91 Å². The van der Waals surface area contributed by atoms with Crippen LogP contribution in [-0.2, 0) is 0 Å². The fourth-order valence-corrected chi connectivity index (χ4v) is 2.60. The van der Waals surface area contributed by atoms with Gasteiger partial charge in [-0.2, -0.15) is 0 Å². The number of anilines is 1. The van der Waals surface area contributed by atoms with Gasteiger partial charge >= 0.3 is 0 Å². The molecular formula is C14H23N5O. The van der Waals surface area contributed by atoms with Crippen molar-refractivity contribution in [3.05, 3.63) is 18.1 Å². The lowest BCUT2D eigenvalue weighted by atomic mass is 9.99. The minimum absolute atomic E-state index is 0.171. The highest BCUT2D eigenvalue weighted by atomic mass is 16.1. The number of likely N-dealkylation sites (tertiary alicyclic amines) is 1. The topological polar surface area (TPSA) is 84.1 Å². The molecule has 1 fully saturated rings. The largest absolute Gasteiger partial charge is 0.382 e. The number of rotatable bonds is 4. The van der Waals surface area contributed by atoms with Gasteiger partial charge in [0.05, 0.1) is 0 Å². The molecule has 0 bridgehead atoms. The number of nitrogens with one attached hydrogen (secondary N) is 1. The van der Waals surface area contributed by atoms with E-state index in [0.29, 0.717) is 12.6 Å². The Balaban J connectivity index is 1.85. The van der Waals surface area contributed by atoms with Crippen molar-refractivity contribution >= 4 is 11.7 Å². The molecule has 0 spiro atoms. The fraction of sp³-hybridized carbons (Fsp3) is 0.643. The lowest BCUT2D eigenvalue weighted by Crippen LogP contribution is -2.46. The van der Waals surface area contributed by atoms with Crippen LogP contribution in [0.4, 0.5) is 5.82 Å². The van der Waals surface area contributed by atoms with E-state index in [1.54, 1.807) is 0 Å². The zero-order chi connectivity index (χ0) is 14.5. The van der Waals surface area contributed by atoms with Gasteiger partial charge in [-0.05, 0) is 32.2 Å². The molecule has 2 heterocycles. The van der Waals surface area contributed by atoms with E-state index in [9.17, 15) is 4.79 Å². The van der Waals surface area contributed by atoms with Crippen LogP contribution in [0.25, 0.3) is 0 Å². The summed E-state index contributed by atoms with van der Waals surface area (Å²) < 4.78 is 0. The second-order valence-corrected chi connectivity index (χ2v) is 5.59. The maximum absolute atomic E-state index is 12.0.